The van der Waals surface area contributed by atoms with Crippen molar-refractivity contribution in [3.05, 3.63) is 10.1 Å². The van der Waals surface area contributed by atoms with Gasteiger partial charge in [-0.3, -0.25) is 10.1 Å². The highest BCUT2D eigenvalue weighted by molar-refractivity contribution is 4.52. The van der Waals surface area contributed by atoms with E-state index >= 15 is 0 Å². The molecule has 0 radical (unpaired) electrons. The summed E-state index contributed by atoms with van der Waals surface area (Å²) < 4.78 is 0. The molecule has 0 spiro atoms. The molecule has 4 nitrogen and oxygen atoms in total. The molecule has 4 heteroatoms. The molecular formula is C6H13NO3. The Morgan fingerprint density at radius 2 is 2.00 bits per heavy atom. The van der Waals surface area contributed by atoms with Crippen LogP contribution in [-0.4, -0.2) is 22.2 Å². The first kappa shape index (κ1) is 9.36. The average Bonchev–Trinajstić information content (AvgIpc) is 1.82. The first-order valence-electron chi connectivity index (χ1n) is 3.35. The second-order valence-electron chi connectivity index (χ2n) is 2.56. The normalized spacial score (nSPS) is 16.3. The molecule has 0 aliphatic carbocycles. The zero-order valence-electron chi connectivity index (χ0n) is 6.28. The summed E-state index contributed by atoms with van der Waals surface area (Å²) >= 11 is 0. The van der Waals surface area contributed by atoms with Gasteiger partial charge in [0.25, 0.3) is 0 Å². The maximum atomic E-state index is 10.0. The van der Waals surface area contributed by atoms with Crippen LogP contribution < -0.4 is 0 Å². The van der Waals surface area contributed by atoms with E-state index in [1.165, 1.54) is 0 Å². The molecule has 60 valence electrons. The topological polar surface area (TPSA) is 63.4 Å². The highest BCUT2D eigenvalue weighted by Gasteiger charge is 2.12. The summed E-state index contributed by atoms with van der Waals surface area (Å²) in [6, 6.07) is -0.533. The third-order valence-corrected chi connectivity index (χ3v) is 1.36. The van der Waals surface area contributed by atoms with Gasteiger partial charge in [-0.25, -0.2) is 0 Å². The SMILES string of the molecule is C[C@@H](O)CC[C@H](C)[N+](=O)[O-]. The first-order chi connectivity index (χ1) is 4.54. The number of rotatable bonds is 4. The maximum absolute atomic E-state index is 10.0. The number of hydrogen-bond donors (Lipinski definition) is 1. The van der Waals surface area contributed by atoms with Crippen LogP contribution in [0.25, 0.3) is 0 Å². The fraction of sp³-hybridized carbons (Fsp3) is 1.00. The highest BCUT2D eigenvalue weighted by Crippen LogP contribution is 2.02. The molecule has 0 saturated heterocycles. The van der Waals surface area contributed by atoms with E-state index in [4.69, 9.17) is 5.11 Å². The van der Waals surface area contributed by atoms with Crippen LogP contribution in [0, 0.1) is 10.1 Å². The number of nitro groups is 1. The number of aliphatic hydroxyl groups is 1. The predicted molar refractivity (Wildman–Crippen MR) is 37.4 cm³/mol. The van der Waals surface area contributed by atoms with E-state index in [0.717, 1.165) is 0 Å². The fourth-order valence-electron chi connectivity index (χ4n) is 0.588. The largest absolute Gasteiger partial charge is 0.393 e. The van der Waals surface area contributed by atoms with E-state index in [1.807, 2.05) is 0 Å². The summed E-state index contributed by atoms with van der Waals surface area (Å²) in [5.74, 6) is 0. The monoisotopic (exact) mass is 147 g/mol. The smallest absolute Gasteiger partial charge is 0.210 e. The van der Waals surface area contributed by atoms with Crippen molar-refractivity contribution in [2.45, 2.75) is 38.8 Å². The number of nitrogens with zero attached hydrogens (tertiary/aromatic N) is 1. The van der Waals surface area contributed by atoms with Crippen molar-refractivity contribution < 1.29 is 10.0 Å². The van der Waals surface area contributed by atoms with Gasteiger partial charge < -0.3 is 5.11 Å². The van der Waals surface area contributed by atoms with Crippen molar-refractivity contribution in [1.82, 2.24) is 0 Å². The third kappa shape index (κ3) is 4.26. The second kappa shape index (κ2) is 4.22. The lowest BCUT2D eigenvalue weighted by atomic mass is 10.1. The van der Waals surface area contributed by atoms with Crippen LogP contribution in [0.2, 0.25) is 0 Å². The Hall–Kier alpha value is -0.640. The molecule has 0 aliphatic rings. The highest BCUT2D eigenvalue weighted by atomic mass is 16.6. The second-order valence-corrected chi connectivity index (χ2v) is 2.56. The average molecular weight is 147 g/mol. The molecular weight excluding hydrogens is 134 g/mol. The van der Waals surface area contributed by atoms with E-state index in [0.29, 0.717) is 12.8 Å². The van der Waals surface area contributed by atoms with Crippen LogP contribution in [0.1, 0.15) is 26.7 Å². The van der Waals surface area contributed by atoms with Crippen molar-refractivity contribution in [2.75, 3.05) is 0 Å². The first-order valence-corrected chi connectivity index (χ1v) is 3.35. The fourth-order valence-corrected chi connectivity index (χ4v) is 0.588. The molecule has 0 rings (SSSR count). The van der Waals surface area contributed by atoms with Gasteiger partial charge in [-0.15, -0.1) is 0 Å². The van der Waals surface area contributed by atoms with E-state index in [9.17, 15) is 10.1 Å². The van der Waals surface area contributed by atoms with Crippen LogP contribution in [-0.2, 0) is 0 Å². The van der Waals surface area contributed by atoms with Gasteiger partial charge in [0.15, 0.2) is 0 Å². The Bertz CT molecular complexity index is 114. The van der Waals surface area contributed by atoms with Gasteiger partial charge in [-0.1, -0.05) is 0 Å². The van der Waals surface area contributed by atoms with Gasteiger partial charge in [-0.05, 0) is 13.3 Å². The molecule has 0 aromatic heterocycles. The standard InChI is InChI=1S/C6H13NO3/c1-5(7(9)10)3-4-6(2)8/h5-6,8H,3-4H2,1-2H3/t5-,6+/m0/s1. The van der Waals surface area contributed by atoms with E-state index in [1.54, 1.807) is 13.8 Å². The van der Waals surface area contributed by atoms with Crippen molar-refractivity contribution >= 4 is 0 Å². The summed E-state index contributed by atoms with van der Waals surface area (Å²) in [4.78, 5) is 9.70. The Kier molecular flexibility index (Phi) is 3.95. The van der Waals surface area contributed by atoms with Crippen LogP contribution >= 0.6 is 0 Å². The number of aliphatic hydroxyl groups excluding tert-OH is 1. The molecule has 0 bridgehead atoms. The molecule has 10 heavy (non-hydrogen) atoms. The Balaban J connectivity index is 3.40. The molecule has 0 fully saturated rings. The van der Waals surface area contributed by atoms with E-state index < -0.39 is 12.1 Å². The minimum absolute atomic E-state index is 0.331. The maximum Gasteiger partial charge on any atom is 0.210 e. The van der Waals surface area contributed by atoms with Gasteiger partial charge in [0.1, 0.15) is 0 Å². The minimum Gasteiger partial charge on any atom is -0.393 e. The van der Waals surface area contributed by atoms with E-state index in [2.05, 4.69) is 0 Å². The third-order valence-electron chi connectivity index (χ3n) is 1.36. The van der Waals surface area contributed by atoms with Gasteiger partial charge in [-0.2, -0.15) is 0 Å². The molecule has 0 saturated carbocycles. The van der Waals surface area contributed by atoms with Gasteiger partial charge in [0, 0.05) is 18.3 Å². The molecule has 0 unspecified atom stereocenters. The lowest BCUT2D eigenvalue weighted by molar-refractivity contribution is -0.519. The van der Waals surface area contributed by atoms with Gasteiger partial charge in [0.05, 0.1) is 6.10 Å². The van der Waals surface area contributed by atoms with Crippen molar-refractivity contribution in [3.63, 3.8) is 0 Å². The number of hydrogen-bond acceptors (Lipinski definition) is 3. The molecule has 0 aromatic rings. The van der Waals surface area contributed by atoms with Gasteiger partial charge >= 0.3 is 0 Å². The molecule has 1 N–H and O–H groups in total. The van der Waals surface area contributed by atoms with Crippen LogP contribution in [0.3, 0.4) is 0 Å². The Labute approximate surface area is 60.0 Å². The lowest BCUT2D eigenvalue weighted by Crippen LogP contribution is -2.16. The predicted octanol–water partition coefficient (Wildman–Crippen LogP) is 0.813. The Morgan fingerprint density at radius 1 is 1.50 bits per heavy atom. The minimum atomic E-state index is -0.533. The molecule has 0 aliphatic heterocycles. The molecule has 2 atom stereocenters. The van der Waals surface area contributed by atoms with Crippen molar-refractivity contribution in [3.8, 4) is 0 Å². The van der Waals surface area contributed by atoms with Crippen molar-refractivity contribution in [1.29, 1.82) is 0 Å². The molecule has 0 aromatic carbocycles. The Morgan fingerprint density at radius 3 is 2.30 bits per heavy atom. The molecule has 0 heterocycles. The summed E-state index contributed by atoms with van der Waals surface area (Å²) in [6.45, 7) is 3.18. The molecule has 0 amide bonds. The van der Waals surface area contributed by atoms with Crippen LogP contribution in [0.5, 0.6) is 0 Å². The zero-order valence-corrected chi connectivity index (χ0v) is 6.28. The van der Waals surface area contributed by atoms with Crippen molar-refractivity contribution in [2.24, 2.45) is 0 Å². The summed E-state index contributed by atoms with van der Waals surface area (Å²) in [7, 11) is 0. The van der Waals surface area contributed by atoms with E-state index in [-0.39, 0.29) is 4.92 Å². The van der Waals surface area contributed by atoms with Crippen LogP contribution in [0.15, 0.2) is 0 Å². The lowest BCUT2D eigenvalue weighted by Gasteiger charge is -2.04. The summed E-state index contributed by atoms with van der Waals surface area (Å²) in [5.41, 5.74) is 0. The van der Waals surface area contributed by atoms with Gasteiger partial charge in [0.2, 0.25) is 6.04 Å². The summed E-state index contributed by atoms with van der Waals surface area (Å²) in [6.07, 6.45) is 0.523. The summed E-state index contributed by atoms with van der Waals surface area (Å²) in [5, 5.41) is 18.8. The van der Waals surface area contributed by atoms with Crippen LogP contribution in [0.4, 0.5) is 0 Å². The quantitative estimate of drug-likeness (QED) is 0.472. The zero-order chi connectivity index (χ0) is 8.15.